The lowest BCUT2D eigenvalue weighted by Crippen LogP contribution is -2.32. The van der Waals surface area contributed by atoms with E-state index in [1.54, 1.807) is 0 Å². The van der Waals surface area contributed by atoms with E-state index in [1.807, 2.05) is 24.3 Å². The molecule has 1 aromatic heterocycles. The topological polar surface area (TPSA) is 97.5 Å². The Hall–Kier alpha value is -3.00. The molecule has 0 aliphatic rings. The third-order valence-corrected chi connectivity index (χ3v) is 4.38. The maximum absolute atomic E-state index is 12.2. The molecule has 144 valence electrons. The molecular formula is C19H24N4O4. The minimum Gasteiger partial charge on any atom is -0.350 e. The second-order valence-corrected chi connectivity index (χ2v) is 6.12. The van der Waals surface area contributed by atoms with Crippen molar-refractivity contribution in [1.29, 1.82) is 0 Å². The molecule has 1 aromatic carbocycles. The van der Waals surface area contributed by atoms with Crippen molar-refractivity contribution in [3.63, 3.8) is 0 Å². The number of aromatic nitrogens is 1. The lowest BCUT2D eigenvalue weighted by atomic mass is 10.1. The van der Waals surface area contributed by atoms with Crippen LogP contribution in [0.5, 0.6) is 0 Å². The largest absolute Gasteiger partial charge is 0.350 e. The molecule has 27 heavy (non-hydrogen) atoms. The van der Waals surface area contributed by atoms with Gasteiger partial charge in [-0.3, -0.25) is 29.2 Å². The van der Waals surface area contributed by atoms with Crippen LogP contribution in [0.3, 0.4) is 0 Å². The number of nitro groups is 1. The first kappa shape index (κ1) is 20.3. The maximum Gasteiger partial charge on any atom is 0.285 e. The van der Waals surface area contributed by atoms with Gasteiger partial charge in [0.05, 0.1) is 11.1 Å². The highest BCUT2D eigenvalue weighted by molar-refractivity contribution is 5.75. The molecule has 1 amide bonds. The smallest absolute Gasteiger partial charge is 0.285 e. The number of amides is 1. The lowest BCUT2D eigenvalue weighted by molar-refractivity contribution is -0.385. The highest BCUT2D eigenvalue weighted by Gasteiger charge is 2.11. The van der Waals surface area contributed by atoms with Gasteiger partial charge in [0.1, 0.15) is 6.54 Å². The number of hydrogen-bond donors (Lipinski definition) is 1. The third-order valence-electron chi connectivity index (χ3n) is 4.38. The Bertz CT molecular complexity index is 859. The molecule has 0 aliphatic heterocycles. The summed E-state index contributed by atoms with van der Waals surface area (Å²) in [5.41, 5.74) is 1.45. The molecule has 0 saturated carbocycles. The first-order valence-corrected chi connectivity index (χ1v) is 8.85. The third kappa shape index (κ3) is 5.75. The summed E-state index contributed by atoms with van der Waals surface area (Å²) >= 11 is 0. The zero-order valence-electron chi connectivity index (χ0n) is 15.6. The molecule has 2 aromatic rings. The Kier molecular flexibility index (Phi) is 7.25. The van der Waals surface area contributed by atoms with Crippen LogP contribution >= 0.6 is 0 Å². The van der Waals surface area contributed by atoms with Gasteiger partial charge in [0.2, 0.25) is 5.91 Å². The molecule has 8 heteroatoms. The number of carbonyl (C=O) groups is 1. The Morgan fingerprint density at radius 2 is 1.81 bits per heavy atom. The highest BCUT2D eigenvalue weighted by Crippen LogP contribution is 2.12. The predicted octanol–water partition coefficient (Wildman–Crippen LogP) is 1.91. The van der Waals surface area contributed by atoms with E-state index in [1.165, 1.54) is 0 Å². The summed E-state index contributed by atoms with van der Waals surface area (Å²) in [5, 5.41) is 13.6. The van der Waals surface area contributed by atoms with Gasteiger partial charge >= 0.3 is 0 Å². The van der Waals surface area contributed by atoms with Gasteiger partial charge in [0.15, 0.2) is 0 Å². The average Bonchev–Trinajstić information content (AvgIpc) is 2.66. The first-order valence-electron chi connectivity index (χ1n) is 8.85. The molecule has 0 aliphatic carbocycles. The summed E-state index contributed by atoms with van der Waals surface area (Å²) < 4.78 is 1.04. The van der Waals surface area contributed by atoms with Crippen molar-refractivity contribution in [2.24, 2.45) is 0 Å². The molecule has 2 rings (SSSR count). The summed E-state index contributed by atoms with van der Waals surface area (Å²) in [5.74, 6) is -0.379. The Balaban J connectivity index is 2.03. The number of nitrogens with zero attached hydrogens (tertiary/aromatic N) is 3. The van der Waals surface area contributed by atoms with Gasteiger partial charge < -0.3 is 5.32 Å². The maximum atomic E-state index is 12.2. The number of rotatable bonds is 9. The highest BCUT2D eigenvalue weighted by atomic mass is 16.6. The van der Waals surface area contributed by atoms with E-state index < -0.39 is 10.5 Å². The number of carbonyl (C=O) groups excluding carboxylic acids is 1. The van der Waals surface area contributed by atoms with Crippen molar-refractivity contribution in [3.8, 4) is 0 Å². The van der Waals surface area contributed by atoms with Crippen LogP contribution in [0.25, 0.3) is 0 Å². The van der Waals surface area contributed by atoms with Crippen molar-refractivity contribution < 1.29 is 9.72 Å². The first-order chi connectivity index (χ1) is 12.9. The number of hydrogen-bond acceptors (Lipinski definition) is 5. The number of pyridine rings is 1. The van der Waals surface area contributed by atoms with Gasteiger partial charge in [0, 0.05) is 25.2 Å². The zero-order chi connectivity index (χ0) is 19.8. The quantitative estimate of drug-likeness (QED) is 0.536. The number of benzene rings is 1. The van der Waals surface area contributed by atoms with Crippen LogP contribution in [0.15, 0.2) is 47.4 Å². The van der Waals surface area contributed by atoms with E-state index in [2.05, 4.69) is 24.1 Å². The van der Waals surface area contributed by atoms with E-state index in [0.717, 1.165) is 53.7 Å². The fourth-order valence-corrected chi connectivity index (χ4v) is 2.73. The van der Waals surface area contributed by atoms with Gasteiger partial charge in [-0.05, 0) is 24.2 Å². The SMILES string of the molecule is CCN(CC)Cc1ccccc1CNC(=O)Cn1cc([N+](=O)[O-])ccc1=O. The van der Waals surface area contributed by atoms with E-state index in [0.29, 0.717) is 6.54 Å². The van der Waals surface area contributed by atoms with E-state index in [4.69, 9.17) is 0 Å². The van der Waals surface area contributed by atoms with E-state index in [-0.39, 0.29) is 18.1 Å². The van der Waals surface area contributed by atoms with Crippen molar-refractivity contribution in [2.75, 3.05) is 13.1 Å². The van der Waals surface area contributed by atoms with Crippen LogP contribution in [0, 0.1) is 10.1 Å². The molecule has 1 heterocycles. The second kappa shape index (κ2) is 9.63. The van der Waals surface area contributed by atoms with Crippen LogP contribution in [-0.2, 0) is 24.4 Å². The molecule has 0 spiro atoms. The molecule has 0 saturated heterocycles. The van der Waals surface area contributed by atoms with Crippen LogP contribution in [0.4, 0.5) is 5.69 Å². The molecule has 1 N–H and O–H groups in total. The molecule has 0 bridgehead atoms. The van der Waals surface area contributed by atoms with Crippen LogP contribution < -0.4 is 10.9 Å². The lowest BCUT2D eigenvalue weighted by Gasteiger charge is -2.20. The van der Waals surface area contributed by atoms with Gasteiger partial charge in [0.25, 0.3) is 11.2 Å². The minimum absolute atomic E-state index is 0.230. The molecule has 8 nitrogen and oxygen atoms in total. The summed E-state index contributed by atoms with van der Waals surface area (Å²) in [4.78, 5) is 36.5. The van der Waals surface area contributed by atoms with Crippen molar-refractivity contribution >= 4 is 11.6 Å². The molecule has 0 fully saturated rings. The molecule has 0 radical (unpaired) electrons. The Morgan fingerprint density at radius 3 is 2.44 bits per heavy atom. The van der Waals surface area contributed by atoms with E-state index in [9.17, 15) is 19.7 Å². The van der Waals surface area contributed by atoms with Gasteiger partial charge in [-0.2, -0.15) is 0 Å². The molecule has 0 atom stereocenters. The van der Waals surface area contributed by atoms with Crippen LogP contribution in [-0.4, -0.2) is 33.4 Å². The summed E-state index contributed by atoms with van der Waals surface area (Å²) in [6.07, 6.45) is 1.08. The van der Waals surface area contributed by atoms with Crippen LogP contribution in [0.2, 0.25) is 0 Å². The molecular weight excluding hydrogens is 348 g/mol. The fourth-order valence-electron chi connectivity index (χ4n) is 2.73. The zero-order valence-corrected chi connectivity index (χ0v) is 15.6. The normalized spacial score (nSPS) is 10.8. The fraction of sp³-hybridized carbons (Fsp3) is 0.368. The Morgan fingerprint density at radius 1 is 1.15 bits per heavy atom. The summed E-state index contributed by atoms with van der Waals surface area (Å²) in [6.45, 7) is 6.94. The van der Waals surface area contributed by atoms with Crippen molar-refractivity contribution in [1.82, 2.24) is 14.8 Å². The summed E-state index contributed by atoms with van der Waals surface area (Å²) in [7, 11) is 0. The predicted molar refractivity (Wildman–Crippen MR) is 102 cm³/mol. The standard InChI is InChI=1S/C19H24N4O4/c1-3-21(4-2)12-16-8-6-5-7-15(16)11-20-18(24)14-22-13-17(23(26)27)9-10-19(22)25/h5-10,13H,3-4,11-12,14H2,1-2H3,(H,20,24). The van der Waals surface area contributed by atoms with Gasteiger partial charge in [-0.1, -0.05) is 38.1 Å². The van der Waals surface area contributed by atoms with Gasteiger partial charge in [-0.15, -0.1) is 0 Å². The van der Waals surface area contributed by atoms with Crippen LogP contribution in [0.1, 0.15) is 25.0 Å². The molecule has 0 unspecified atom stereocenters. The van der Waals surface area contributed by atoms with Crippen molar-refractivity contribution in [3.05, 3.63) is 74.2 Å². The van der Waals surface area contributed by atoms with E-state index >= 15 is 0 Å². The number of nitrogens with one attached hydrogen (secondary N) is 1. The second-order valence-electron chi connectivity index (χ2n) is 6.12. The summed E-state index contributed by atoms with van der Waals surface area (Å²) in [6, 6.07) is 10.1. The average molecular weight is 372 g/mol. The Labute approximate surface area is 157 Å². The van der Waals surface area contributed by atoms with Gasteiger partial charge in [-0.25, -0.2) is 0 Å². The minimum atomic E-state index is -0.600. The monoisotopic (exact) mass is 372 g/mol. The van der Waals surface area contributed by atoms with Crippen molar-refractivity contribution in [2.45, 2.75) is 33.5 Å².